The van der Waals surface area contributed by atoms with E-state index in [4.69, 9.17) is 13.9 Å². The van der Waals surface area contributed by atoms with Crippen molar-refractivity contribution in [1.82, 2.24) is 0 Å². The van der Waals surface area contributed by atoms with E-state index in [0.29, 0.717) is 11.0 Å². The van der Waals surface area contributed by atoms with Gasteiger partial charge < -0.3 is 13.9 Å². The average Bonchev–Trinajstić information content (AvgIpc) is 2.60. The first kappa shape index (κ1) is 17.0. The van der Waals surface area contributed by atoms with Crippen LogP contribution in [0.4, 0.5) is 5.69 Å². The Hall–Kier alpha value is -2.87. The number of nitro groups is 1. The predicted octanol–water partition coefficient (Wildman–Crippen LogP) is 4.15. The number of rotatable bonds is 4. The van der Waals surface area contributed by atoms with E-state index in [1.165, 1.54) is 26.4 Å². The summed E-state index contributed by atoms with van der Waals surface area (Å²) in [5.74, 6) is 0.475. The topological polar surface area (TPSA) is 91.8 Å². The van der Waals surface area contributed by atoms with Gasteiger partial charge in [0, 0.05) is 9.86 Å². The molecule has 0 radical (unpaired) electrons. The van der Waals surface area contributed by atoms with E-state index in [1.54, 1.807) is 24.3 Å². The van der Waals surface area contributed by atoms with Crippen LogP contribution in [0, 0.1) is 10.1 Å². The van der Waals surface area contributed by atoms with Crippen LogP contribution < -0.4 is 15.1 Å². The number of hydrogen-bond donors (Lipinski definition) is 0. The molecule has 8 heteroatoms. The molecule has 2 aromatic carbocycles. The van der Waals surface area contributed by atoms with Gasteiger partial charge in [-0.1, -0.05) is 15.9 Å². The second-order valence-corrected chi connectivity index (χ2v) is 6.03. The van der Waals surface area contributed by atoms with Gasteiger partial charge in [0.1, 0.15) is 5.58 Å². The Morgan fingerprint density at radius 3 is 2.36 bits per heavy atom. The lowest BCUT2D eigenvalue weighted by atomic mass is 10.0. The highest BCUT2D eigenvalue weighted by Gasteiger charge is 2.23. The Labute approximate surface area is 150 Å². The number of fused-ring (bicyclic) bond motifs is 1. The largest absolute Gasteiger partial charge is 0.493 e. The van der Waals surface area contributed by atoms with Crippen molar-refractivity contribution in [2.75, 3.05) is 14.2 Å². The predicted molar refractivity (Wildman–Crippen MR) is 95.4 cm³/mol. The van der Waals surface area contributed by atoms with E-state index in [2.05, 4.69) is 15.9 Å². The maximum Gasteiger partial charge on any atom is 0.344 e. The highest BCUT2D eigenvalue weighted by molar-refractivity contribution is 9.10. The van der Waals surface area contributed by atoms with Crippen molar-refractivity contribution >= 4 is 32.6 Å². The quantitative estimate of drug-likeness (QED) is 0.367. The minimum atomic E-state index is -0.676. The van der Waals surface area contributed by atoms with Gasteiger partial charge >= 0.3 is 5.63 Å². The zero-order valence-electron chi connectivity index (χ0n) is 13.2. The van der Waals surface area contributed by atoms with Crippen LogP contribution in [0.3, 0.4) is 0 Å². The van der Waals surface area contributed by atoms with Crippen LogP contribution in [-0.2, 0) is 0 Å². The Morgan fingerprint density at radius 2 is 1.72 bits per heavy atom. The summed E-state index contributed by atoms with van der Waals surface area (Å²) >= 11 is 3.35. The number of benzene rings is 2. The molecule has 0 bridgehead atoms. The van der Waals surface area contributed by atoms with Gasteiger partial charge in [-0.3, -0.25) is 10.1 Å². The monoisotopic (exact) mass is 405 g/mol. The number of hydrogen-bond acceptors (Lipinski definition) is 6. The molecule has 0 aliphatic carbocycles. The van der Waals surface area contributed by atoms with Crippen LogP contribution in [0.2, 0.25) is 0 Å². The second-order valence-electron chi connectivity index (χ2n) is 5.11. The van der Waals surface area contributed by atoms with Crippen LogP contribution in [0.15, 0.2) is 50.1 Å². The number of ether oxygens (including phenoxy) is 2. The Bertz CT molecular complexity index is 1040. The molecule has 7 nitrogen and oxygen atoms in total. The summed E-state index contributed by atoms with van der Waals surface area (Å²) in [4.78, 5) is 23.3. The first-order valence-corrected chi connectivity index (χ1v) is 7.88. The summed E-state index contributed by atoms with van der Waals surface area (Å²) in [5.41, 5.74) is -0.402. The normalized spacial score (nSPS) is 10.7. The third-order valence-corrected chi connectivity index (χ3v) is 4.18. The SMILES string of the molecule is COc1cc(-c2cc3cc(Br)ccc3oc2=O)c([N+](=O)[O-])cc1OC. The lowest BCUT2D eigenvalue weighted by molar-refractivity contribution is -0.384. The van der Waals surface area contributed by atoms with Gasteiger partial charge in [0.05, 0.1) is 36.3 Å². The summed E-state index contributed by atoms with van der Waals surface area (Å²) in [7, 11) is 2.79. The molecule has 0 spiro atoms. The third kappa shape index (κ3) is 3.08. The molecule has 0 aliphatic heterocycles. The van der Waals surface area contributed by atoms with Crippen molar-refractivity contribution in [3.05, 3.63) is 61.4 Å². The molecule has 1 aromatic heterocycles. The first-order chi connectivity index (χ1) is 11.9. The van der Waals surface area contributed by atoms with Gasteiger partial charge in [-0.05, 0) is 30.3 Å². The number of halogens is 1. The average molecular weight is 406 g/mol. The van der Waals surface area contributed by atoms with Gasteiger partial charge in [0.25, 0.3) is 5.69 Å². The Balaban J connectivity index is 2.35. The lowest BCUT2D eigenvalue weighted by Crippen LogP contribution is -2.05. The molecular formula is C17H12BrNO6. The van der Waals surface area contributed by atoms with Crippen LogP contribution >= 0.6 is 15.9 Å². The van der Waals surface area contributed by atoms with E-state index < -0.39 is 10.5 Å². The van der Waals surface area contributed by atoms with Crippen LogP contribution in [-0.4, -0.2) is 19.1 Å². The molecule has 0 saturated heterocycles. The van der Waals surface area contributed by atoms with Crippen molar-refractivity contribution in [1.29, 1.82) is 0 Å². The molecule has 0 N–H and O–H groups in total. The van der Waals surface area contributed by atoms with Crippen LogP contribution in [0.1, 0.15) is 0 Å². The van der Waals surface area contributed by atoms with Gasteiger partial charge in [0.2, 0.25) is 0 Å². The molecule has 0 amide bonds. The molecule has 0 unspecified atom stereocenters. The van der Waals surface area contributed by atoms with E-state index in [-0.39, 0.29) is 28.3 Å². The van der Waals surface area contributed by atoms with Gasteiger partial charge in [-0.25, -0.2) is 4.79 Å². The zero-order chi connectivity index (χ0) is 18.1. The second kappa shape index (κ2) is 6.56. The van der Waals surface area contributed by atoms with E-state index in [0.717, 1.165) is 4.47 Å². The molecule has 25 heavy (non-hydrogen) atoms. The molecule has 128 valence electrons. The van der Waals surface area contributed by atoms with Crippen molar-refractivity contribution in [3.8, 4) is 22.6 Å². The summed E-state index contributed by atoms with van der Waals surface area (Å²) in [5, 5.41) is 12.1. The molecule has 1 heterocycles. The summed E-state index contributed by atoms with van der Waals surface area (Å²) in [6.45, 7) is 0. The standard InChI is InChI=1S/C17H12BrNO6/c1-23-15-7-11(13(19(21)22)8-16(15)24-2)12-6-9-5-10(18)3-4-14(9)25-17(12)20/h3-8H,1-2H3. The number of methoxy groups -OCH3 is 2. The minimum Gasteiger partial charge on any atom is -0.493 e. The number of nitro benzene ring substituents is 1. The summed E-state index contributed by atoms with van der Waals surface area (Å²) < 4.78 is 16.4. The maximum atomic E-state index is 12.4. The van der Waals surface area contributed by atoms with Crippen molar-refractivity contribution in [2.24, 2.45) is 0 Å². The molecule has 3 rings (SSSR count). The zero-order valence-corrected chi connectivity index (χ0v) is 14.8. The highest BCUT2D eigenvalue weighted by atomic mass is 79.9. The number of nitrogens with zero attached hydrogens (tertiary/aromatic N) is 1. The summed E-state index contributed by atoms with van der Waals surface area (Å²) in [6, 6.07) is 9.32. The van der Waals surface area contributed by atoms with Gasteiger partial charge in [0.15, 0.2) is 11.5 Å². The smallest absolute Gasteiger partial charge is 0.344 e. The summed E-state index contributed by atoms with van der Waals surface area (Å²) in [6.07, 6.45) is 0. The van der Waals surface area contributed by atoms with Crippen LogP contribution in [0.5, 0.6) is 11.5 Å². The van der Waals surface area contributed by atoms with Crippen LogP contribution in [0.25, 0.3) is 22.1 Å². The van der Waals surface area contributed by atoms with E-state index in [9.17, 15) is 14.9 Å². The van der Waals surface area contributed by atoms with Crippen molar-refractivity contribution in [3.63, 3.8) is 0 Å². The minimum absolute atomic E-state index is 0.0678. The molecule has 0 atom stereocenters. The van der Waals surface area contributed by atoms with Crippen molar-refractivity contribution < 1.29 is 18.8 Å². The molecule has 3 aromatic rings. The van der Waals surface area contributed by atoms with E-state index in [1.807, 2.05) is 0 Å². The maximum absolute atomic E-state index is 12.4. The third-order valence-electron chi connectivity index (χ3n) is 3.68. The van der Waals surface area contributed by atoms with Gasteiger partial charge in [-0.15, -0.1) is 0 Å². The lowest BCUT2D eigenvalue weighted by Gasteiger charge is -2.10. The Kier molecular flexibility index (Phi) is 4.45. The fraction of sp³-hybridized carbons (Fsp3) is 0.118. The fourth-order valence-corrected chi connectivity index (χ4v) is 2.90. The molecular weight excluding hydrogens is 394 g/mol. The first-order valence-electron chi connectivity index (χ1n) is 7.08. The fourth-order valence-electron chi connectivity index (χ4n) is 2.52. The molecule has 0 saturated carbocycles. The highest BCUT2D eigenvalue weighted by Crippen LogP contribution is 2.39. The molecule has 0 aliphatic rings. The van der Waals surface area contributed by atoms with Gasteiger partial charge in [-0.2, -0.15) is 0 Å². The van der Waals surface area contributed by atoms with E-state index >= 15 is 0 Å². The van der Waals surface area contributed by atoms with Crippen molar-refractivity contribution in [2.45, 2.75) is 0 Å². The molecule has 0 fully saturated rings. The Morgan fingerprint density at radius 1 is 1.04 bits per heavy atom.